The van der Waals surface area contributed by atoms with Crippen LogP contribution in [0.25, 0.3) is 0 Å². The second-order valence-corrected chi connectivity index (χ2v) is 8.64. The molecule has 5 heteroatoms. The van der Waals surface area contributed by atoms with E-state index in [0.717, 1.165) is 28.6 Å². The Kier molecular flexibility index (Phi) is 6.14. The number of hydrogen-bond donors (Lipinski definition) is 1. The van der Waals surface area contributed by atoms with Crippen LogP contribution in [0.3, 0.4) is 0 Å². The van der Waals surface area contributed by atoms with Gasteiger partial charge in [-0.2, -0.15) is 0 Å². The lowest BCUT2D eigenvalue weighted by atomic mass is 9.89. The Hall–Kier alpha value is -2.01. The molecule has 1 aliphatic heterocycles. The predicted molar refractivity (Wildman–Crippen MR) is 122 cm³/mol. The topological polar surface area (TPSA) is 32.7 Å². The van der Waals surface area contributed by atoms with Crippen LogP contribution < -0.4 is 9.64 Å². The van der Waals surface area contributed by atoms with Gasteiger partial charge >= 0.3 is 0 Å². The van der Waals surface area contributed by atoms with E-state index in [0.29, 0.717) is 11.6 Å². The molecule has 3 nitrogen and oxygen atoms in total. The molecule has 0 aromatic heterocycles. The van der Waals surface area contributed by atoms with Crippen molar-refractivity contribution in [1.82, 2.24) is 0 Å². The van der Waals surface area contributed by atoms with Crippen LogP contribution in [-0.4, -0.2) is 18.3 Å². The molecule has 0 saturated carbocycles. The number of ether oxygens (including phenoxy) is 1. The van der Waals surface area contributed by atoms with Crippen molar-refractivity contribution in [3.8, 4) is 5.75 Å². The van der Waals surface area contributed by atoms with Crippen LogP contribution in [-0.2, 0) is 13.0 Å². The zero-order valence-electron chi connectivity index (χ0n) is 16.2. The van der Waals surface area contributed by atoms with Crippen molar-refractivity contribution < 1.29 is 9.84 Å². The van der Waals surface area contributed by atoms with E-state index in [4.69, 9.17) is 16.3 Å². The van der Waals surface area contributed by atoms with Crippen molar-refractivity contribution in [3.05, 3.63) is 92.9 Å². The molecule has 0 bridgehead atoms. The summed E-state index contributed by atoms with van der Waals surface area (Å²) in [5.74, 6) is 0.838. The zero-order chi connectivity index (χ0) is 20.4. The minimum Gasteiger partial charge on any atom is -0.497 e. The molecule has 0 radical (unpaired) electrons. The summed E-state index contributed by atoms with van der Waals surface area (Å²) in [5, 5.41) is 11.9. The largest absolute Gasteiger partial charge is 0.497 e. The fraction of sp³-hybridized carbons (Fsp3) is 0.250. The Labute approximate surface area is 185 Å². The van der Waals surface area contributed by atoms with Gasteiger partial charge < -0.3 is 14.7 Å². The first-order valence-electron chi connectivity index (χ1n) is 9.67. The molecule has 0 amide bonds. The number of nitrogens with zero attached hydrogens (tertiary/aromatic N) is 1. The Morgan fingerprint density at radius 2 is 1.90 bits per heavy atom. The number of hydrogen-bond acceptors (Lipinski definition) is 3. The summed E-state index contributed by atoms with van der Waals surface area (Å²) in [6.07, 6.45) is 1.10. The number of fused-ring (bicyclic) bond motifs is 1. The van der Waals surface area contributed by atoms with Crippen molar-refractivity contribution in [2.24, 2.45) is 0 Å². The summed E-state index contributed by atoms with van der Waals surface area (Å²) in [4.78, 5) is 2.31. The van der Waals surface area contributed by atoms with E-state index in [1.54, 1.807) is 7.11 Å². The summed E-state index contributed by atoms with van der Waals surface area (Å²) >= 11 is 9.94. The Morgan fingerprint density at radius 3 is 2.66 bits per heavy atom. The molecule has 0 fully saturated rings. The van der Waals surface area contributed by atoms with Gasteiger partial charge in [-0.1, -0.05) is 57.9 Å². The molecular formula is C24H23BrClNO2. The highest BCUT2D eigenvalue weighted by molar-refractivity contribution is 9.10. The van der Waals surface area contributed by atoms with E-state index in [2.05, 4.69) is 57.2 Å². The maximum absolute atomic E-state index is 11.3. The standard InChI is InChI=1S/C24H23BrClNO2/c1-29-19-10-6-16(7-11-19)15-27-22-5-3-2-4-17(22)8-13-23(27)24(28)20-14-18(25)9-12-21(20)26/h2-7,9-12,14,23-24,28H,8,13,15H2,1H3. The van der Waals surface area contributed by atoms with E-state index in [1.165, 1.54) is 16.8 Å². The number of para-hydroxylation sites is 1. The molecule has 29 heavy (non-hydrogen) atoms. The van der Waals surface area contributed by atoms with Crippen molar-refractivity contribution in [2.45, 2.75) is 31.5 Å². The fourth-order valence-corrected chi connectivity index (χ4v) is 4.66. The van der Waals surface area contributed by atoms with Gasteiger partial charge in [-0.15, -0.1) is 0 Å². The second-order valence-electron chi connectivity index (χ2n) is 7.32. The number of aliphatic hydroxyl groups excluding tert-OH is 1. The molecule has 4 rings (SSSR count). The van der Waals surface area contributed by atoms with E-state index in [-0.39, 0.29) is 6.04 Å². The molecular weight excluding hydrogens is 450 g/mol. The highest BCUT2D eigenvalue weighted by Crippen LogP contribution is 2.39. The van der Waals surface area contributed by atoms with Crippen LogP contribution in [0.2, 0.25) is 5.02 Å². The van der Waals surface area contributed by atoms with Gasteiger partial charge in [0.2, 0.25) is 0 Å². The summed E-state index contributed by atoms with van der Waals surface area (Å²) in [7, 11) is 1.67. The zero-order valence-corrected chi connectivity index (χ0v) is 18.5. The second kappa shape index (κ2) is 8.78. The Balaban J connectivity index is 1.70. The van der Waals surface area contributed by atoms with Gasteiger partial charge in [-0.3, -0.25) is 0 Å². The molecule has 1 N–H and O–H groups in total. The SMILES string of the molecule is COc1ccc(CN2c3ccccc3CCC2C(O)c2cc(Br)ccc2Cl)cc1. The summed E-state index contributed by atoms with van der Waals surface area (Å²) in [6.45, 7) is 0.703. The van der Waals surface area contributed by atoms with Gasteiger partial charge in [-0.05, 0) is 60.4 Å². The number of aryl methyl sites for hydroxylation is 1. The average Bonchev–Trinajstić information content (AvgIpc) is 2.75. The molecule has 2 unspecified atom stereocenters. The molecule has 2 atom stereocenters. The molecule has 3 aromatic rings. The molecule has 1 heterocycles. The summed E-state index contributed by atoms with van der Waals surface area (Å²) < 4.78 is 6.20. The van der Waals surface area contributed by atoms with Gasteiger partial charge in [0, 0.05) is 27.3 Å². The normalized spacial score (nSPS) is 17.0. The van der Waals surface area contributed by atoms with Crippen molar-refractivity contribution in [3.63, 3.8) is 0 Å². The maximum Gasteiger partial charge on any atom is 0.118 e. The van der Waals surface area contributed by atoms with Gasteiger partial charge in [0.15, 0.2) is 0 Å². The smallest absolute Gasteiger partial charge is 0.118 e. The number of methoxy groups -OCH3 is 1. The van der Waals surface area contributed by atoms with Gasteiger partial charge in [0.05, 0.1) is 13.2 Å². The van der Waals surface area contributed by atoms with Crippen LogP contribution in [0.4, 0.5) is 5.69 Å². The average molecular weight is 473 g/mol. The van der Waals surface area contributed by atoms with Crippen molar-refractivity contribution >= 4 is 33.2 Å². The van der Waals surface area contributed by atoms with E-state index >= 15 is 0 Å². The lowest BCUT2D eigenvalue weighted by molar-refractivity contribution is 0.134. The van der Waals surface area contributed by atoms with Crippen molar-refractivity contribution in [2.75, 3.05) is 12.0 Å². The summed E-state index contributed by atoms with van der Waals surface area (Å²) in [5.41, 5.74) is 4.40. The van der Waals surface area contributed by atoms with Gasteiger partial charge in [0.25, 0.3) is 0 Å². The molecule has 0 saturated heterocycles. The number of anilines is 1. The monoisotopic (exact) mass is 471 g/mol. The van der Waals surface area contributed by atoms with Crippen molar-refractivity contribution in [1.29, 1.82) is 0 Å². The quantitative estimate of drug-likeness (QED) is 0.482. The van der Waals surface area contributed by atoms with E-state index in [1.807, 2.05) is 30.3 Å². The molecule has 0 aliphatic carbocycles. The predicted octanol–water partition coefficient (Wildman–Crippen LogP) is 6.17. The lowest BCUT2D eigenvalue weighted by Gasteiger charge is -2.41. The van der Waals surface area contributed by atoms with Crippen LogP contribution in [0, 0.1) is 0 Å². The molecule has 1 aliphatic rings. The maximum atomic E-state index is 11.3. The molecule has 3 aromatic carbocycles. The highest BCUT2D eigenvalue weighted by atomic mass is 79.9. The van der Waals surface area contributed by atoms with Gasteiger partial charge in [-0.25, -0.2) is 0 Å². The third-order valence-electron chi connectivity index (χ3n) is 5.56. The first kappa shape index (κ1) is 20.3. The highest BCUT2D eigenvalue weighted by Gasteiger charge is 2.33. The minimum atomic E-state index is -0.688. The Morgan fingerprint density at radius 1 is 1.14 bits per heavy atom. The van der Waals surface area contributed by atoms with Crippen LogP contribution >= 0.6 is 27.5 Å². The number of halogens is 2. The minimum absolute atomic E-state index is 0.0706. The van der Waals surface area contributed by atoms with Gasteiger partial charge in [0.1, 0.15) is 11.9 Å². The van der Waals surface area contributed by atoms with Crippen LogP contribution in [0.15, 0.2) is 71.2 Å². The third-order valence-corrected chi connectivity index (χ3v) is 6.40. The van der Waals surface area contributed by atoms with Crippen LogP contribution in [0.1, 0.15) is 29.2 Å². The number of benzene rings is 3. The third kappa shape index (κ3) is 4.30. The summed E-state index contributed by atoms with van der Waals surface area (Å²) in [6, 6.07) is 22.1. The number of aliphatic hydroxyl groups is 1. The first-order valence-corrected chi connectivity index (χ1v) is 10.8. The Bertz CT molecular complexity index is 992. The first-order chi connectivity index (χ1) is 14.1. The fourth-order valence-electron chi connectivity index (χ4n) is 4.05. The van der Waals surface area contributed by atoms with E-state index in [9.17, 15) is 5.11 Å². The molecule has 0 spiro atoms. The molecule has 150 valence electrons. The lowest BCUT2D eigenvalue weighted by Crippen LogP contribution is -2.43. The van der Waals surface area contributed by atoms with Crippen LogP contribution in [0.5, 0.6) is 5.75 Å². The van der Waals surface area contributed by atoms with E-state index < -0.39 is 6.10 Å². The number of rotatable bonds is 5.